The fraction of sp³-hybridized carbons (Fsp3) is 0.214. The van der Waals surface area contributed by atoms with Crippen LogP contribution in [0.3, 0.4) is 0 Å². The topological polar surface area (TPSA) is 52.1 Å². The third-order valence-corrected chi connectivity index (χ3v) is 2.64. The number of rotatable bonds is 4. The lowest BCUT2D eigenvalue weighted by Crippen LogP contribution is -2.10. The number of ether oxygens (including phenoxy) is 1. The highest BCUT2D eigenvalue weighted by molar-refractivity contribution is 5.94. The Bertz CT molecular complexity index is 597. The predicted molar refractivity (Wildman–Crippen MR) is 67.8 cm³/mol. The number of carbonyl (C=O) groups excluding carboxylic acids is 1. The lowest BCUT2D eigenvalue weighted by molar-refractivity contribution is 0.0981. The molecule has 0 N–H and O–H groups in total. The van der Waals surface area contributed by atoms with E-state index in [2.05, 4.69) is 9.97 Å². The van der Waals surface area contributed by atoms with Crippen LogP contribution in [-0.2, 0) is 6.42 Å². The molecule has 0 radical (unpaired) electrons. The number of methoxy groups -OCH3 is 1. The van der Waals surface area contributed by atoms with E-state index in [-0.39, 0.29) is 29.3 Å². The zero-order valence-electron chi connectivity index (χ0n) is 10.7. The summed E-state index contributed by atoms with van der Waals surface area (Å²) in [6, 6.07) is 4.69. The number of hydrogen-bond acceptors (Lipinski definition) is 4. The molecule has 19 heavy (non-hydrogen) atoms. The highest BCUT2D eigenvalue weighted by Gasteiger charge is 2.15. The van der Waals surface area contributed by atoms with Gasteiger partial charge in [0.15, 0.2) is 17.4 Å². The number of aryl methyl sites for hydroxylation is 1. The first kappa shape index (κ1) is 13.1. The van der Waals surface area contributed by atoms with Gasteiger partial charge in [-0.05, 0) is 24.1 Å². The fourth-order valence-corrected chi connectivity index (χ4v) is 1.64. The zero-order valence-corrected chi connectivity index (χ0v) is 10.7. The number of halogens is 1. The van der Waals surface area contributed by atoms with Crippen molar-refractivity contribution in [2.45, 2.75) is 13.3 Å². The van der Waals surface area contributed by atoms with E-state index in [0.29, 0.717) is 0 Å². The van der Waals surface area contributed by atoms with Crippen LogP contribution in [0, 0.1) is 12.7 Å². The second-order valence-electron chi connectivity index (χ2n) is 4.12. The van der Waals surface area contributed by atoms with Crippen molar-refractivity contribution in [1.29, 1.82) is 0 Å². The second-order valence-corrected chi connectivity index (χ2v) is 4.12. The molecule has 0 saturated heterocycles. The van der Waals surface area contributed by atoms with Crippen LogP contribution in [0.15, 0.2) is 30.6 Å². The number of benzene rings is 1. The average molecular weight is 260 g/mol. The molecule has 1 aromatic carbocycles. The van der Waals surface area contributed by atoms with Crippen molar-refractivity contribution in [3.63, 3.8) is 0 Å². The van der Waals surface area contributed by atoms with Crippen molar-refractivity contribution in [2.75, 3.05) is 7.11 Å². The molecule has 1 aromatic heterocycles. The van der Waals surface area contributed by atoms with Gasteiger partial charge in [0.25, 0.3) is 0 Å². The van der Waals surface area contributed by atoms with E-state index in [1.54, 1.807) is 24.5 Å². The van der Waals surface area contributed by atoms with E-state index in [1.165, 1.54) is 13.2 Å². The van der Waals surface area contributed by atoms with E-state index < -0.39 is 5.82 Å². The van der Waals surface area contributed by atoms with Gasteiger partial charge in [0.2, 0.25) is 5.78 Å². The van der Waals surface area contributed by atoms with Gasteiger partial charge < -0.3 is 4.74 Å². The van der Waals surface area contributed by atoms with E-state index >= 15 is 0 Å². The molecular formula is C14H13FN2O2. The Balaban J connectivity index is 2.21. The standard InChI is InChI=1S/C14H13FN2O2/c1-9-7-16-14(17-8-9)11(18)6-10-4-3-5-12(19-2)13(10)15/h3-5,7-8H,6H2,1-2H3. The van der Waals surface area contributed by atoms with Crippen LogP contribution in [0.1, 0.15) is 21.7 Å². The number of Topliss-reactive ketones (excluding diaryl/α,β-unsaturated/α-hetero) is 1. The normalized spacial score (nSPS) is 10.3. The Hall–Kier alpha value is -2.30. The van der Waals surface area contributed by atoms with E-state index in [1.807, 2.05) is 6.92 Å². The van der Waals surface area contributed by atoms with Gasteiger partial charge >= 0.3 is 0 Å². The monoisotopic (exact) mass is 260 g/mol. The molecule has 0 saturated carbocycles. The van der Waals surface area contributed by atoms with E-state index in [4.69, 9.17) is 4.74 Å². The molecular weight excluding hydrogens is 247 g/mol. The molecule has 0 unspecified atom stereocenters. The van der Waals surface area contributed by atoms with Crippen molar-refractivity contribution in [3.05, 3.63) is 53.4 Å². The molecule has 2 rings (SSSR count). The van der Waals surface area contributed by atoms with Crippen molar-refractivity contribution in [2.24, 2.45) is 0 Å². The van der Waals surface area contributed by atoms with Crippen molar-refractivity contribution < 1.29 is 13.9 Å². The van der Waals surface area contributed by atoms with Crippen LogP contribution in [0.25, 0.3) is 0 Å². The van der Waals surface area contributed by atoms with Crippen LogP contribution in [-0.4, -0.2) is 22.9 Å². The summed E-state index contributed by atoms with van der Waals surface area (Å²) >= 11 is 0. The molecule has 0 bridgehead atoms. The molecule has 0 amide bonds. The molecule has 2 aromatic rings. The van der Waals surface area contributed by atoms with Gasteiger partial charge in [-0.25, -0.2) is 14.4 Å². The minimum absolute atomic E-state index is 0.0906. The Morgan fingerprint density at radius 2 is 2.00 bits per heavy atom. The summed E-state index contributed by atoms with van der Waals surface area (Å²) in [5.74, 6) is -0.638. The lowest BCUT2D eigenvalue weighted by atomic mass is 10.1. The first-order valence-corrected chi connectivity index (χ1v) is 5.75. The number of ketones is 1. The molecule has 1 heterocycles. The van der Waals surface area contributed by atoms with E-state index in [9.17, 15) is 9.18 Å². The maximum Gasteiger partial charge on any atom is 0.204 e. The van der Waals surface area contributed by atoms with Gasteiger partial charge in [-0.3, -0.25) is 4.79 Å². The summed E-state index contributed by atoms with van der Waals surface area (Å²) in [7, 11) is 1.38. The van der Waals surface area contributed by atoms with Gasteiger partial charge in [-0.1, -0.05) is 12.1 Å². The fourth-order valence-electron chi connectivity index (χ4n) is 1.64. The van der Waals surface area contributed by atoms with Crippen LogP contribution < -0.4 is 4.74 Å². The summed E-state index contributed by atoms with van der Waals surface area (Å²) < 4.78 is 18.8. The van der Waals surface area contributed by atoms with Crippen molar-refractivity contribution in [3.8, 4) is 5.75 Å². The lowest BCUT2D eigenvalue weighted by Gasteiger charge is -2.06. The summed E-state index contributed by atoms with van der Waals surface area (Å²) in [6.45, 7) is 1.83. The number of carbonyl (C=O) groups is 1. The van der Waals surface area contributed by atoms with Gasteiger partial charge in [0, 0.05) is 18.8 Å². The third kappa shape index (κ3) is 2.93. The SMILES string of the molecule is COc1cccc(CC(=O)c2ncc(C)cn2)c1F. The number of hydrogen-bond donors (Lipinski definition) is 0. The molecule has 0 atom stereocenters. The summed E-state index contributed by atoms with van der Waals surface area (Å²) in [4.78, 5) is 19.8. The van der Waals surface area contributed by atoms with Crippen LogP contribution >= 0.6 is 0 Å². The van der Waals surface area contributed by atoms with Crippen LogP contribution in [0.2, 0.25) is 0 Å². The summed E-state index contributed by atoms with van der Waals surface area (Å²) in [6.07, 6.45) is 3.02. The maximum absolute atomic E-state index is 13.9. The predicted octanol–water partition coefficient (Wildman–Crippen LogP) is 2.36. The molecule has 0 aliphatic heterocycles. The second kappa shape index (κ2) is 5.56. The maximum atomic E-state index is 13.9. The average Bonchev–Trinajstić information content (AvgIpc) is 2.42. The van der Waals surface area contributed by atoms with Crippen molar-refractivity contribution >= 4 is 5.78 Å². The number of aromatic nitrogens is 2. The van der Waals surface area contributed by atoms with Gasteiger partial charge in [0.05, 0.1) is 7.11 Å². The van der Waals surface area contributed by atoms with Crippen LogP contribution in [0.5, 0.6) is 5.75 Å². The van der Waals surface area contributed by atoms with E-state index in [0.717, 1.165) is 5.56 Å². The van der Waals surface area contributed by atoms with Gasteiger partial charge in [-0.2, -0.15) is 0 Å². The molecule has 98 valence electrons. The Morgan fingerprint density at radius 3 is 2.63 bits per heavy atom. The minimum atomic E-state index is -0.523. The highest BCUT2D eigenvalue weighted by Crippen LogP contribution is 2.20. The Kier molecular flexibility index (Phi) is 3.85. The number of nitrogens with zero attached hydrogens (tertiary/aromatic N) is 2. The smallest absolute Gasteiger partial charge is 0.204 e. The van der Waals surface area contributed by atoms with Crippen LogP contribution in [0.4, 0.5) is 4.39 Å². The molecule has 4 nitrogen and oxygen atoms in total. The molecule has 5 heteroatoms. The quantitative estimate of drug-likeness (QED) is 0.792. The highest BCUT2D eigenvalue weighted by atomic mass is 19.1. The zero-order chi connectivity index (χ0) is 13.8. The molecule has 0 aliphatic carbocycles. The minimum Gasteiger partial charge on any atom is -0.494 e. The van der Waals surface area contributed by atoms with Gasteiger partial charge in [0.1, 0.15) is 0 Å². The molecule has 0 fully saturated rings. The first-order chi connectivity index (χ1) is 9.11. The summed E-state index contributed by atoms with van der Waals surface area (Å²) in [5.41, 5.74) is 1.14. The third-order valence-electron chi connectivity index (χ3n) is 2.64. The molecule has 0 spiro atoms. The summed E-state index contributed by atoms with van der Waals surface area (Å²) in [5, 5.41) is 0. The Labute approximate surface area is 110 Å². The molecule has 0 aliphatic rings. The largest absolute Gasteiger partial charge is 0.494 e. The van der Waals surface area contributed by atoms with Crippen molar-refractivity contribution in [1.82, 2.24) is 9.97 Å². The Morgan fingerprint density at radius 1 is 1.32 bits per heavy atom. The first-order valence-electron chi connectivity index (χ1n) is 5.75. The van der Waals surface area contributed by atoms with Gasteiger partial charge in [-0.15, -0.1) is 0 Å².